The first-order valence-electron chi connectivity index (χ1n) is 14.0. The second-order valence-corrected chi connectivity index (χ2v) is 13.1. The average Bonchev–Trinajstić information content (AvgIpc) is 3.00. The summed E-state index contributed by atoms with van der Waals surface area (Å²) in [4.78, 5) is 43.8. The van der Waals surface area contributed by atoms with Crippen molar-refractivity contribution in [2.24, 2.45) is 0 Å². The van der Waals surface area contributed by atoms with Crippen LogP contribution in [-0.4, -0.2) is 77.8 Å². The van der Waals surface area contributed by atoms with E-state index in [1.165, 1.54) is 21.3 Å². The van der Waals surface area contributed by atoms with Crippen molar-refractivity contribution >= 4 is 39.5 Å². The van der Waals surface area contributed by atoms with Crippen molar-refractivity contribution in [3.63, 3.8) is 0 Å². The molecule has 3 unspecified atom stereocenters. The minimum absolute atomic E-state index is 0.0173. The zero-order valence-corrected chi connectivity index (χ0v) is 25.4. The molecule has 0 radical (unpaired) electrons. The highest BCUT2D eigenvalue weighted by Gasteiger charge is 2.54. The van der Waals surface area contributed by atoms with Crippen LogP contribution in [0.5, 0.6) is 0 Å². The molecule has 2 heterocycles. The fourth-order valence-corrected chi connectivity index (χ4v) is 7.19. The SMILES string of the molecule is CC(C)N1CC2N(C(=O)C(NC(=O)OCc3ccccc3)CN2S(=O)(=O)c2ccccc2)C(Cc2ccc(Cl)cc2)C1=O. The van der Waals surface area contributed by atoms with Crippen molar-refractivity contribution in [2.45, 2.75) is 56.1 Å². The molecule has 0 aromatic heterocycles. The lowest BCUT2D eigenvalue weighted by atomic mass is 9.96. The van der Waals surface area contributed by atoms with Gasteiger partial charge in [0.15, 0.2) is 0 Å². The molecule has 2 aliphatic heterocycles. The third-order valence-corrected chi connectivity index (χ3v) is 9.78. The summed E-state index contributed by atoms with van der Waals surface area (Å²) < 4.78 is 34.7. The summed E-state index contributed by atoms with van der Waals surface area (Å²) in [7, 11) is -4.16. The van der Waals surface area contributed by atoms with Crippen LogP contribution in [0.2, 0.25) is 5.02 Å². The average molecular weight is 625 g/mol. The molecule has 0 spiro atoms. The number of fused-ring (bicyclic) bond motifs is 1. The summed E-state index contributed by atoms with van der Waals surface area (Å²) in [5, 5.41) is 3.09. The number of rotatable bonds is 8. The number of hydrogen-bond acceptors (Lipinski definition) is 6. The van der Waals surface area contributed by atoms with Gasteiger partial charge in [0.2, 0.25) is 21.8 Å². The summed E-state index contributed by atoms with van der Waals surface area (Å²) in [6, 6.07) is 21.3. The lowest BCUT2D eigenvalue weighted by Crippen LogP contribution is -2.76. The van der Waals surface area contributed by atoms with Gasteiger partial charge in [-0.2, -0.15) is 4.31 Å². The second-order valence-electron chi connectivity index (χ2n) is 10.8. The van der Waals surface area contributed by atoms with Gasteiger partial charge in [-0.1, -0.05) is 72.3 Å². The number of benzene rings is 3. The summed E-state index contributed by atoms with van der Waals surface area (Å²) in [6.07, 6.45) is -1.74. The minimum atomic E-state index is -4.16. The minimum Gasteiger partial charge on any atom is -0.445 e. The molecular weight excluding hydrogens is 592 g/mol. The summed E-state index contributed by atoms with van der Waals surface area (Å²) in [5.74, 6) is -0.865. The van der Waals surface area contributed by atoms with Crippen molar-refractivity contribution in [1.29, 1.82) is 0 Å². The predicted octanol–water partition coefficient (Wildman–Crippen LogP) is 3.66. The van der Waals surface area contributed by atoms with Crippen LogP contribution >= 0.6 is 11.6 Å². The lowest BCUT2D eigenvalue weighted by Gasteiger charge is -2.54. The number of carbonyl (C=O) groups is 3. The Kier molecular flexibility index (Phi) is 9.05. The summed E-state index contributed by atoms with van der Waals surface area (Å²) in [6.45, 7) is 3.32. The van der Waals surface area contributed by atoms with Gasteiger partial charge < -0.3 is 19.9 Å². The molecule has 3 amide bonds. The van der Waals surface area contributed by atoms with Gasteiger partial charge in [-0.15, -0.1) is 0 Å². The molecule has 3 atom stereocenters. The van der Waals surface area contributed by atoms with Gasteiger partial charge >= 0.3 is 6.09 Å². The molecule has 43 heavy (non-hydrogen) atoms. The van der Waals surface area contributed by atoms with E-state index in [1.54, 1.807) is 59.5 Å². The number of sulfonamides is 1. The highest BCUT2D eigenvalue weighted by Crippen LogP contribution is 2.32. The number of hydrogen-bond donors (Lipinski definition) is 1. The summed E-state index contributed by atoms with van der Waals surface area (Å²) >= 11 is 6.08. The van der Waals surface area contributed by atoms with Crippen LogP contribution in [0, 0.1) is 0 Å². The van der Waals surface area contributed by atoms with E-state index in [2.05, 4.69) is 5.32 Å². The maximum absolute atomic E-state index is 14.1. The normalized spacial score (nSPS) is 21.1. The Hall–Kier alpha value is -3.93. The van der Waals surface area contributed by atoms with Crippen molar-refractivity contribution in [3.8, 4) is 0 Å². The van der Waals surface area contributed by atoms with E-state index in [9.17, 15) is 22.8 Å². The van der Waals surface area contributed by atoms with Crippen LogP contribution in [0.25, 0.3) is 0 Å². The standard InChI is InChI=1S/C31H33ClN4O6S/c1-21(2)34-19-28-35(43(40,41)25-11-7-4-8-12-25)18-26(33-31(39)42-20-23-9-5-3-6-10-23)29(37)36(28)27(30(34)38)17-22-13-15-24(32)16-14-22/h3-16,21,26-28H,17-20H2,1-2H3,(H,33,39). The summed E-state index contributed by atoms with van der Waals surface area (Å²) in [5.41, 5.74) is 1.49. The zero-order chi connectivity index (χ0) is 30.7. The molecule has 1 N–H and O–H groups in total. The molecule has 0 saturated carbocycles. The molecule has 3 aromatic rings. The molecule has 0 aliphatic carbocycles. The van der Waals surface area contributed by atoms with E-state index in [-0.39, 0.29) is 43.0 Å². The molecule has 2 saturated heterocycles. The molecule has 2 fully saturated rings. The van der Waals surface area contributed by atoms with Gasteiger partial charge in [0.05, 0.1) is 11.4 Å². The molecule has 10 nitrogen and oxygen atoms in total. The fraction of sp³-hybridized carbons (Fsp3) is 0.323. The zero-order valence-electron chi connectivity index (χ0n) is 23.8. The van der Waals surface area contributed by atoms with Crippen LogP contribution < -0.4 is 5.32 Å². The Morgan fingerprint density at radius 1 is 0.907 bits per heavy atom. The number of alkyl carbamates (subject to hydrolysis) is 1. The van der Waals surface area contributed by atoms with Crippen molar-refractivity contribution < 1.29 is 27.5 Å². The van der Waals surface area contributed by atoms with Crippen LogP contribution in [0.15, 0.2) is 89.8 Å². The molecular formula is C31H33ClN4O6S. The molecule has 226 valence electrons. The maximum Gasteiger partial charge on any atom is 0.408 e. The van der Waals surface area contributed by atoms with Gasteiger partial charge in [0.1, 0.15) is 24.9 Å². The topological polar surface area (TPSA) is 116 Å². The van der Waals surface area contributed by atoms with E-state index >= 15 is 0 Å². The van der Waals surface area contributed by atoms with E-state index < -0.39 is 40.3 Å². The predicted molar refractivity (Wildman–Crippen MR) is 160 cm³/mol. The highest BCUT2D eigenvalue weighted by atomic mass is 35.5. The van der Waals surface area contributed by atoms with Crippen LogP contribution in [0.3, 0.4) is 0 Å². The van der Waals surface area contributed by atoms with Crippen LogP contribution in [0.1, 0.15) is 25.0 Å². The largest absolute Gasteiger partial charge is 0.445 e. The molecule has 3 aromatic carbocycles. The van der Waals surface area contributed by atoms with E-state index in [1.807, 2.05) is 32.0 Å². The highest BCUT2D eigenvalue weighted by molar-refractivity contribution is 7.89. The Bertz CT molecular complexity index is 1570. The van der Waals surface area contributed by atoms with Gasteiger partial charge in [0, 0.05) is 24.0 Å². The van der Waals surface area contributed by atoms with Crippen molar-refractivity contribution in [1.82, 2.24) is 19.4 Å². The van der Waals surface area contributed by atoms with E-state index in [4.69, 9.17) is 16.3 Å². The number of nitrogens with zero attached hydrogens (tertiary/aromatic N) is 3. The number of nitrogens with one attached hydrogen (secondary N) is 1. The first-order chi connectivity index (χ1) is 20.6. The quantitative estimate of drug-likeness (QED) is 0.409. The fourth-order valence-electron chi connectivity index (χ4n) is 5.46. The third-order valence-electron chi connectivity index (χ3n) is 7.65. The molecule has 5 rings (SSSR count). The van der Waals surface area contributed by atoms with Crippen molar-refractivity contribution in [2.75, 3.05) is 13.1 Å². The first-order valence-corrected chi connectivity index (χ1v) is 15.8. The molecule has 0 bridgehead atoms. The Morgan fingerprint density at radius 3 is 2.16 bits per heavy atom. The monoisotopic (exact) mass is 624 g/mol. The van der Waals surface area contributed by atoms with E-state index in [0.717, 1.165) is 11.1 Å². The first kappa shape index (κ1) is 30.5. The van der Waals surface area contributed by atoms with Crippen LogP contribution in [0.4, 0.5) is 4.79 Å². The van der Waals surface area contributed by atoms with Gasteiger partial charge in [-0.25, -0.2) is 13.2 Å². The van der Waals surface area contributed by atoms with Gasteiger partial charge in [0.25, 0.3) is 0 Å². The van der Waals surface area contributed by atoms with Gasteiger partial charge in [-0.3, -0.25) is 9.59 Å². The Morgan fingerprint density at radius 2 is 1.53 bits per heavy atom. The maximum atomic E-state index is 14.1. The number of ether oxygens (including phenoxy) is 1. The number of halogens is 1. The number of piperazine rings is 1. The molecule has 2 aliphatic rings. The van der Waals surface area contributed by atoms with Crippen molar-refractivity contribution in [3.05, 3.63) is 101 Å². The Labute approximate surface area is 256 Å². The molecule has 12 heteroatoms. The lowest BCUT2D eigenvalue weighted by molar-refractivity contribution is -0.168. The smallest absolute Gasteiger partial charge is 0.408 e. The van der Waals surface area contributed by atoms with Crippen LogP contribution in [-0.2, 0) is 37.4 Å². The second kappa shape index (κ2) is 12.7. The number of carbonyl (C=O) groups excluding carboxylic acids is 3. The van der Waals surface area contributed by atoms with Gasteiger partial charge in [-0.05, 0) is 49.2 Å². The Balaban J connectivity index is 1.51. The number of amides is 3. The third kappa shape index (κ3) is 6.53. The van der Waals surface area contributed by atoms with E-state index in [0.29, 0.717) is 5.02 Å².